The van der Waals surface area contributed by atoms with Crippen LogP contribution in [0.25, 0.3) is 5.00 Å². The molecule has 90 valence electrons. The summed E-state index contributed by atoms with van der Waals surface area (Å²) < 4.78 is 1.46. The van der Waals surface area contributed by atoms with Gasteiger partial charge in [0.15, 0.2) is 5.00 Å². The Balaban J connectivity index is 2.55. The summed E-state index contributed by atoms with van der Waals surface area (Å²) in [6.45, 7) is 3.44. The first-order valence-corrected chi connectivity index (χ1v) is 5.78. The molecule has 0 aliphatic carbocycles. The van der Waals surface area contributed by atoms with E-state index in [1.54, 1.807) is 19.3 Å². The minimum Gasteiger partial charge on any atom is -0.388 e. The fourth-order valence-electron chi connectivity index (χ4n) is 1.41. The number of aliphatic hydroxyl groups excluding tert-OH is 1. The van der Waals surface area contributed by atoms with E-state index in [-0.39, 0.29) is 5.69 Å². The molecule has 6 nitrogen and oxygen atoms in total. The van der Waals surface area contributed by atoms with Gasteiger partial charge in [0.2, 0.25) is 0 Å². The number of aromatic nitrogens is 2. The Labute approximate surface area is 101 Å². The maximum atomic E-state index is 10.9. The summed E-state index contributed by atoms with van der Waals surface area (Å²) in [5, 5.41) is 24.8. The fourth-order valence-corrected chi connectivity index (χ4v) is 2.41. The number of hydrogen-bond acceptors (Lipinski definition) is 5. The Morgan fingerprint density at radius 3 is 2.82 bits per heavy atom. The minimum atomic E-state index is -0.718. The molecular weight excluding hydrogens is 242 g/mol. The number of thiophene rings is 1. The molecule has 0 fully saturated rings. The Morgan fingerprint density at radius 1 is 1.65 bits per heavy atom. The Hall–Kier alpha value is -1.73. The van der Waals surface area contributed by atoms with Crippen molar-refractivity contribution in [3.63, 3.8) is 0 Å². The maximum absolute atomic E-state index is 10.9. The van der Waals surface area contributed by atoms with Gasteiger partial charge in [0.05, 0.1) is 17.2 Å². The first-order valence-electron chi connectivity index (χ1n) is 4.97. The molecule has 0 unspecified atom stereocenters. The predicted molar refractivity (Wildman–Crippen MR) is 63.5 cm³/mol. The zero-order valence-electron chi connectivity index (χ0n) is 9.32. The second-order valence-corrected chi connectivity index (χ2v) is 4.80. The topological polar surface area (TPSA) is 81.2 Å². The third kappa shape index (κ3) is 2.20. The highest BCUT2D eigenvalue weighted by molar-refractivity contribution is 7.15. The molecule has 2 heterocycles. The van der Waals surface area contributed by atoms with E-state index < -0.39 is 11.0 Å². The monoisotopic (exact) mass is 253 g/mol. The van der Waals surface area contributed by atoms with Crippen molar-refractivity contribution in [3.05, 3.63) is 39.0 Å². The molecule has 1 N–H and O–H groups in total. The molecule has 0 saturated carbocycles. The third-order valence-electron chi connectivity index (χ3n) is 2.24. The molecule has 0 radical (unpaired) electrons. The lowest BCUT2D eigenvalue weighted by atomic mass is 10.3. The zero-order chi connectivity index (χ0) is 12.6. The van der Waals surface area contributed by atoms with Crippen molar-refractivity contribution < 1.29 is 10.0 Å². The van der Waals surface area contributed by atoms with Gasteiger partial charge in [-0.1, -0.05) is 0 Å². The van der Waals surface area contributed by atoms with E-state index in [1.165, 1.54) is 22.1 Å². The van der Waals surface area contributed by atoms with Gasteiger partial charge in [-0.15, -0.1) is 11.3 Å². The van der Waals surface area contributed by atoms with E-state index in [2.05, 4.69) is 5.10 Å². The van der Waals surface area contributed by atoms with Gasteiger partial charge in [0, 0.05) is 17.1 Å². The van der Waals surface area contributed by atoms with Crippen molar-refractivity contribution in [1.82, 2.24) is 9.78 Å². The normalized spacial score (nSPS) is 12.6. The van der Waals surface area contributed by atoms with E-state index >= 15 is 0 Å². The second kappa shape index (κ2) is 4.27. The Morgan fingerprint density at radius 2 is 2.35 bits per heavy atom. The smallest absolute Gasteiger partial charge is 0.306 e. The SMILES string of the molecule is Cc1cnn(-c2sc([C@H](C)O)cc2[N+](=O)[O-])c1. The molecule has 1 atom stereocenters. The summed E-state index contributed by atoms with van der Waals surface area (Å²) in [5.74, 6) is 0. The lowest BCUT2D eigenvalue weighted by Crippen LogP contribution is -1.95. The molecule has 2 aromatic heterocycles. The summed E-state index contributed by atoms with van der Waals surface area (Å²) in [4.78, 5) is 11.0. The van der Waals surface area contributed by atoms with E-state index in [9.17, 15) is 15.2 Å². The average Bonchev–Trinajstić information content (AvgIpc) is 2.82. The highest BCUT2D eigenvalue weighted by atomic mass is 32.1. The van der Waals surface area contributed by atoms with Crippen molar-refractivity contribution >= 4 is 17.0 Å². The first-order chi connectivity index (χ1) is 7.99. The summed E-state index contributed by atoms with van der Waals surface area (Å²) >= 11 is 1.17. The van der Waals surface area contributed by atoms with Gasteiger partial charge >= 0.3 is 5.69 Å². The molecular formula is C10H11N3O3S. The van der Waals surface area contributed by atoms with Crippen molar-refractivity contribution in [3.8, 4) is 5.00 Å². The maximum Gasteiger partial charge on any atom is 0.306 e. The number of nitrogens with zero attached hydrogens (tertiary/aromatic N) is 3. The minimum absolute atomic E-state index is 0.0333. The van der Waals surface area contributed by atoms with Crippen molar-refractivity contribution in [2.75, 3.05) is 0 Å². The second-order valence-electron chi connectivity index (χ2n) is 3.73. The number of aliphatic hydroxyl groups is 1. The lowest BCUT2D eigenvalue weighted by molar-refractivity contribution is -0.384. The molecule has 0 bridgehead atoms. The molecule has 0 saturated heterocycles. The van der Waals surface area contributed by atoms with E-state index in [0.717, 1.165) is 5.56 Å². The van der Waals surface area contributed by atoms with Crippen LogP contribution < -0.4 is 0 Å². The van der Waals surface area contributed by atoms with Crippen LogP contribution in [-0.4, -0.2) is 19.8 Å². The molecule has 0 spiro atoms. The van der Waals surface area contributed by atoms with Gasteiger partial charge in [-0.2, -0.15) is 5.10 Å². The highest BCUT2D eigenvalue weighted by Crippen LogP contribution is 2.35. The number of nitro groups is 1. The van der Waals surface area contributed by atoms with Crippen molar-refractivity contribution in [1.29, 1.82) is 0 Å². The zero-order valence-corrected chi connectivity index (χ0v) is 10.1. The highest BCUT2D eigenvalue weighted by Gasteiger charge is 2.22. The summed E-state index contributed by atoms with van der Waals surface area (Å²) in [6, 6.07) is 1.39. The van der Waals surface area contributed by atoms with Gasteiger partial charge in [0.1, 0.15) is 0 Å². The van der Waals surface area contributed by atoms with Crippen molar-refractivity contribution in [2.24, 2.45) is 0 Å². The van der Waals surface area contributed by atoms with Gasteiger partial charge in [-0.05, 0) is 19.4 Å². The predicted octanol–water partition coefficient (Wildman–Crippen LogP) is 2.20. The van der Waals surface area contributed by atoms with Crippen LogP contribution in [0.2, 0.25) is 0 Å². The van der Waals surface area contributed by atoms with Crippen LogP contribution in [-0.2, 0) is 0 Å². The third-order valence-corrected chi connectivity index (χ3v) is 3.53. The van der Waals surface area contributed by atoms with Gasteiger partial charge < -0.3 is 5.11 Å². The lowest BCUT2D eigenvalue weighted by Gasteiger charge is -1.97. The van der Waals surface area contributed by atoms with Crippen LogP contribution in [0.3, 0.4) is 0 Å². The fraction of sp³-hybridized carbons (Fsp3) is 0.300. The molecule has 17 heavy (non-hydrogen) atoms. The van der Waals surface area contributed by atoms with Crippen LogP contribution in [0.1, 0.15) is 23.5 Å². The number of rotatable bonds is 3. The molecule has 2 aromatic rings. The summed E-state index contributed by atoms with van der Waals surface area (Å²) in [7, 11) is 0. The van der Waals surface area contributed by atoms with Crippen LogP contribution in [0, 0.1) is 17.0 Å². The van der Waals surface area contributed by atoms with E-state index in [1.807, 2.05) is 6.92 Å². The number of aryl methyl sites for hydroxylation is 1. The number of hydrogen-bond donors (Lipinski definition) is 1. The van der Waals surface area contributed by atoms with Crippen LogP contribution >= 0.6 is 11.3 Å². The molecule has 2 rings (SSSR count). The molecule has 0 aliphatic heterocycles. The van der Waals surface area contributed by atoms with E-state index in [4.69, 9.17) is 0 Å². The average molecular weight is 253 g/mol. The summed E-state index contributed by atoms with van der Waals surface area (Å²) in [5.41, 5.74) is 0.889. The van der Waals surface area contributed by atoms with Crippen molar-refractivity contribution in [2.45, 2.75) is 20.0 Å². The molecule has 0 amide bonds. The quantitative estimate of drug-likeness (QED) is 0.671. The standard InChI is InChI=1S/C10H11N3O3S/c1-6-4-11-12(5-6)10-8(13(15)16)3-9(17-10)7(2)14/h3-5,7,14H,1-2H3/t7-/m0/s1. The van der Waals surface area contributed by atoms with Gasteiger partial charge in [0.25, 0.3) is 0 Å². The molecule has 0 aromatic carbocycles. The van der Waals surface area contributed by atoms with Gasteiger partial charge in [-0.25, -0.2) is 4.68 Å². The van der Waals surface area contributed by atoms with Crippen LogP contribution in [0.5, 0.6) is 0 Å². The van der Waals surface area contributed by atoms with Gasteiger partial charge in [-0.3, -0.25) is 10.1 Å². The van der Waals surface area contributed by atoms with Crippen LogP contribution in [0.15, 0.2) is 18.5 Å². The Kier molecular flexibility index (Phi) is 2.95. The largest absolute Gasteiger partial charge is 0.388 e. The molecule has 7 heteroatoms. The van der Waals surface area contributed by atoms with E-state index in [0.29, 0.717) is 9.88 Å². The first kappa shape index (κ1) is 11.7. The summed E-state index contributed by atoms with van der Waals surface area (Å²) in [6.07, 6.45) is 2.62. The van der Waals surface area contributed by atoms with Crippen LogP contribution in [0.4, 0.5) is 5.69 Å². The Bertz CT molecular complexity index is 559. The molecule has 0 aliphatic rings.